The molecule has 0 aliphatic heterocycles. The molecule has 0 saturated carbocycles. The highest BCUT2D eigenvalue weighted by molar-refractivity contribution is 5.73. The molecule has 0 heterocycles. The fraction of sp³-hybridized carbons (Fsp3) is 0.368. The highest BCUT2D eigenvalue weighted by Gasteiger charge is 2.23. The molecule has 2 N–H and O–H groups in total. The Morgan fingerprint density at radius 2 is 1.96 bits per heavy atom. The quantitative estimate of drug-likeness (QED) is 0.271. The summed E-state index contributed by atoms with van der Waals surface area (Å²) in [4.78, 5) is 10.6. The number of hydrogen-bond donors (Lipinski definition) is 2. The molecule has 7 nitrogen and oxygen atoms in total. The lowest BCUT2D eigenvalue weighted by atomic mass is 10.1. The fourth-order valence-corrected chi connectivity index (χ4v) is 1.94. The zero-order chi connectivity index (χ0) is 19.5. The molecule has 0 bridgehead atoms. The lowest BCUT2D eigenvalue weighted by Crippen LogP contribution is -2.35. The summed E-state index contributed by atoms with van der Waals surface area (Å²) in [6, 6.07) is 6.83. The van der Waals surface area contributed by atoms with Crippen LogP contribution >= 0.6 is 0 Å². The molecule has 26 heavy (non-hydrogen) atoms. The standard InChI is InChI=1S/C19H25NO6/c1-5-6-17(24-4)11-13(2)15-7-9-16(10-8-15)26-19(18(22)20-23)25-12-14(3)21/h5-11,14,18-19,21-22H,2,12H2,1,3-4H3/b6-5-,17-11+/t14?,18-,19?/m0/s1. The number of hydrogen-bond acceptors (Lipinski definition) is 7. The van der Waals surface area contributed by atoms with Crippen LogP contribution in [0.3, 0.4) is 0 Å². The topological polar surface area (TPSA) is 97.6 Å². The molecule has 0 spiro atoms. The molecule has 0 aliphatic rings. The maximum absolute atomic E-state index is 10.6. The average molecular weight is 363 g/mol. The summed E-state index contributed by atoms with van der Waals surface area (Å²) in [7, 11) is 1.58. The number of allylic oxidation sites excluding steroid dienone is 4. The minimum absolute atomic E-state index is 0.109. The van der Waals surface area contributed by atoms with Crippen LogP contribution in [-0.2, 0) is 9.47 Å². The Labute approximate surface area is 153 Å². The van der Waals surface area contributed by atoms with Gasteiger partial charge < -0.3 is 24.4 Å². The molecule has 3 atom stereocenters. The van der Waals surface area contributed by atoms with E-state index >= 15 is 0 Å². The van der Waals surface area contributed by atoms with Crippen LogP contribution in [0, 0.1) is 4.91 Å². The van der Waals surface area contributed by atoms with E-state index in [1.807, 2.05) is 19.1 Å². The first kappa shape index (κ1) is 21.6. The molecule has 0 radical (unpaired) electrons. The van der Waals surface area contributed by atoms with Gasteiger partial charge in [-0.25, -0.2) is 0 Å². The van der Waals surface area contributed by atoms with E-state index in [2.05, 4.69) is 11.8 Å². The SMILES string of the molecule is C=C(/C=C(\C=C/C)OC)c1ccc(OC(OCC(C)O)[C@H](O)N=O)cc1. The van der Waals surface area contributed by atoms with E-state index in [-0.39, 0.29) is 6.61 Å². The Bertz CT molecular complexity index is 636. The van der Waals surface area contributed by atoms with E-state index in [4.69, 9.17) is 14.2 Å². The second-order valence-corrected chi connectivity index (χ2v) is 5.49. The summed E-state index contributed by atoms with van der Waals surface area (Å²) in [5, 5.41) is 21.3. The average Bonchev–Trinajstić information content (AvgIpc) is 2.64. The molecule has 1 aromatic rings. The van der Waals surface area contributed by atoms with Crippen LogP contribution in [-0.4, -0.2) is 42.6 Å². The Hall–Kier alpha value is -2.48. The van der Waals surface area contributed by atoms with Crippen molar-refractivity contribution in [1.82, 2.24) is 0 Å². The van der Waals surface area contributed by atoms with Crippen molar-refractivity contribution in [2.24, 2.45) is 5.18 Å². The Kier molecular flexibility index (Phi) is 9.29. The van der Waals surface area contributed by atoms with Crippen LogP contribution in [0.15, 0.2) is 60.0 Å². The number of ether oxygens (including phenoxy) is 3. The van der Waals surface area contributed by atoms with Crippen molar-refractivity contribution in [3.8, 4) is 5.75 Å². The van der Waals surface area contributed by atoms with Gasteiger partial charge in [0.25, 0.3) is 6.29 Å². The summed E-state index contributed by atoms with van der Waals surface area (Å²) in [6.45, 7) is 7.28. The van der Waals surface area contributed by atoms with Gasteiger partial charge in [0.05, 0.1) is 19.8 Å². The predicted molar refractivity (Wildman–Crippen MR) is 99.2 cm³/mol. The lowest BCUT2D eigenvalue weighted by molar-refractivity contribution is -0.155. The number of aliphatic hydroxyl groups is 2. The minimum Gasteiger partial charge on any atom is -0.497 e. The second-order valence-electron chi connectivity index (χ2n) is 5.49. The predicted octanol–water partition coefficient (Wildman–Crippen LogP) is 2.99. The Morgan fingerprint density at radius 1 is 1.31 bits per heavy atom. The second kappa shape index (κ2) is 11.2. The van der Waals surface area contributed by atoms with Crippen LogP contribution in [0.4, 0.5) is 0 Å². The van der Waals surface area contributed by atoms with Gasteiger partial charge in [-0.3, -0.25) is 0 Å². The molecule has 0 amide bonds. The molecule has 1 aromatic carbocycles. The number of benzene rings is 1. The van der Waals surface area contributed by atoms with E-state index in [1.165, 1.54) is 6.92 Å². The van der Waals surface area contributed by atoms with Crippen molar-refractivity contribution in [2.75, 3.05) is 13.7 Å². The molecule has 0 saturated heterocycles. The zero-order valence-electron chi connectivity index (χ0n) is 15.2. The van der Waals surface area contributed by atoms with Crippen LogP contribution in [0.1, 0.15) is 19.4 Å². The van der Waals surface area contributed by atoms with Crippen LogP contribution in [0.5, 0.6) is 5.75 Å². The van der Waals surface area contributed by atoms with Gasteiger partial charge in [-0.15, -0.1) is 4.91 Å². The summed E-state index contributed by atoms with van der Waals surface area (Å²) in [6.07, 6.45) is 1.68. The van der Waals surface area contributed by atoms with Crippen LogP contribution in [0.2, 0.25) is 0 Å². The smallest absolute Gasteiger partial charge is 0.250 e. The molecular weight excluding hydrogens is 338 g/mol. The lowest BCUT2D eigenvalue weighted by Gasteiger charge is -2.21. The molecule has 2 unspecified atom stereocenters. The van der Waals surface area contributed by atoms with Crippen molar-refractivity contribution in [3.05, 3.63) is 65.3 Å². The summed E-state index contributed by atoms with van der Waals surface area (Å²) in [5.41, 5.74) is 1.58. The Balaban J connectivity index is 2.84. The van der Waals surface area contributed by atoms with Crippen molar-refractivity contribution in [2.45, 2.75) is 32.5 Å². The molecule has 0 aliphatic carbocycles. The molecule has 142 valence electrons. The third kappa shape index (κ3) is 7.18. The maximum atomic E-state index is 10.6. The van der Waals surface area contributed by atoms with Crippen molar-refractivity contribution < 1.29 is 24.4 Å². The Morgan fingerprint density at radius 3 is 2.46 bits per heavy atom. The van der Waals surface area contributed by atoms with E-state index < -0.39 is 18.6 Å². The molecule has 7 heteroatoms. The third-order valence-corrected chi connectivity index (χ3v) is 3.21. The monoisotopic (exact) mass is 363 g/mol. The van der Waals surface area contributed by atoms with Gasteiger partial charge in [0.1, 0.15) is 11.5 Å². The highest BCUT2D eigenvalue weighted by Crippen LogP contribution is 2.22. The normalized spacial score (nSPS) is 15.3. The third-order valence-electron chi connectivity index (χ3n) is 3.21. The largest absolute Gasteiger partial charge is 0.497 e. The van der Waals surface area contributed by atoms with Gasteiger partial charge in [-0.2, -0.15) is 0 Å². The molecule has 0 fully saturated rings. The van der Waals surface area contributed by atoms with E-state index in [0.717, 1.165) is 11.1 Å². The number of rotatable bonds is 11. The fourth-order valence-electron chi connectivity index (χ4n) is 1.94. The number of aliphatic hydroxyl groups excluding tert-OH is 2. The maximum Gasteiger partial charge on any atom is 0.250 e. The van der Waals surface area contributed by atoms with Gasteiger partial charge >= 0.3 is 0 Å². The van der Waals surface area contributed by atoms with E-state index in [9.17, 15) is 15.1 Å². The molecular formula is C19H25NO6. The highest BCUT2D eigenvalue weighted by atomic mass is 16.7. The first-order chi connectivity index (χ1) is 12.4. The first-order valence-corrected chi connectivity index (χ1v) is 8.05. The van der Waals surface area contributed by atoms with Crippen molar-refractivity contribution in [3.63, 3.8) is 0 Å². The molecule has 1 rings (SSSR count). The summed E-state index contributed by atoms with van der Waals surface area (Å²) in [5.74, 6) is 1.04. The van der Waals surface area contributed by atoms with Gasteiger partial charge in [0.2, 0.25) is 6.23 Å². The van der Waals surface area contributed by atoms with Gasteiger partial charge in [-0.1, -0.05) is 24.8 Å². The molecule has 0 aromatic heterocycles. The minimum atomic E-state index is -1.71. The van der Waals surface area contributed by atoms with Crippen LogP contribution in [0.25, 0.3) is 5.57 Å². The van der Waals surface area contributed by atoms with Crippen LogP contribution < -0.4 is 4.74 Å². The number of methoxy groups -OCH3 is 1. The van der Waals surface area contributed by atoms with Gasteiger partial charge in [-0.05, 0) is 54.4 Å². The first-order valence-electron chi connectivity index (χ1n) is 8.05. The van der Waals surface area contributed by atoms with Gasteiger partial charge in [0, 0.05) is 0 Å². The van der Waals surface area contributed by atoms with E-state index in [1.54, 1.807) is 37.5 Å². The number of nitrogens with zero attached hydrogens (tertiary/aromatic N) is 1. The summed E-state index contributed by atoms with van der Waals surface area (Å²) < 4.78 is 15.8. The summed E-state index contributed by atoms with van der Waals surface area (Å²) >= 11 is 0. The zero-order valence-corrected chi connectivity index (χ0v) is 15.2. The van der Waals surface area contributed by atoms with Gasteiger partial charge in [0.15, 0.2) is 0 Å². The van der Waals surface area contributed by atoms with Crippen molar-refractivity contribution >= 4 is 5.57 Å². The number of nitroso groups, excluding NO2 is 1. The van der Waals surface area contributed by atoms with Crippen molar-refractivity contribution in [1.29, 1.82) is 0 Å². The van der Waals surface area contributed by atoms with E-state index in [0.29, 0.717) is 11.5 Å².